The fraction of sp³-hybridized carbons (Fsp3) is 0.550. The Balaban J connectivity index is 1.50. The van der Waals surface area contributed by atoms with Crippen LogP contribution in [0.5, 0.6) is 0 Å². The van der Waals surface area contributed by atoms with Crippen molar-refractivity contribution in [3.8, 4) is 6.07 Å². The standard InChI is InChI=1S/C20H25FN4O2/c1-15-4-5-16(12-17(15)21)19(27)25-10-8-24(9-11-25)13-18(26)23-20(14-22)6-2-3-7-20/h4-5,12H,2-3,6-11,13H2,1H3,(H,23,26). The summed E-state index contributed by atoms with van der Waals surface area (Å²) in [6, 6.07) is 6.79. The Morgan fingerprint density at radius 2 is 1.89 bits per heavy atom. The van der Waals surface area contributed by atoms with Crippen LogP contribution >= 0.6 is 0 Å². The molecule has 27 heavy (non-hydrogen) atoms. The molecule has 1 aromatic rings. The van der Waals surface area contributed by atoms with E-state index < -0.39 is 5.54 Å². The van der Waals surface area contributed by atoms with E-state index in [1.807, 2.05) is 4.90 Å². The average Bonchev–Trinajstić information content (AvgIpc) is 3.13. The summed E-state index contributed by atoms with van der Waals surface area (Å²) in [4.78, 5) is 28.5. The molecule has 1 saturated carbocycles. The van der Waals surface area contributed by atoms with Crippen molar-refractivity contribution in [2.24, 2.45) is 0 Å². The molecule has 0 aromatic heterocycles. The third-order valence-corrected chi connectivity index (χ3v) is 5.50. The molecule has 1 aliphatic heterocycles. The molecule has 7 heteroatoms. The molecule has 1 N–H and O–H groups in total. The van der Waals surface area contributed by atoms with Gasteiger partial charge in [0.05, 0.1) is 12.6 Å². The number of carbonyl (C=O) groups excluding carboxylic acids is 2. The van der Waals surface area contributed by atoms with Crippen LogP contribution in [0.3, 0.4) is 0 Å². The van der Waals surface area contributed by atoms with E-state index in [1.54, 1.807) is 24.0 Å². The van der Waals surface area contributed by atoms with Crippen LogP contribution in [0.25, 0.3) is 0 Å². The zero-order valence-electron chi connectivity index (χ0n) is 15.6. The summed E-state index contributed by atoms with van der Waals surface area (Å²) in [7, 11) is 0. The zero-order chi connectivity index (χ0) is 19.4. The maximum absolute atomic E-state index is 13.7. The van der Waals surface area contributed by atoms with Gasteiger partial charge in [0.15, 0.2) is 0 Å². The highest BCUT2D eigenvalue weighted by Crippen LogP contribution is 2.28. The van der Waals surface area contributed by atoms with Crippen LogP contribution in [-0.2, 0) is 4.79 Å². The predicted molar refractivity (Wildman–Crippen MR) is 98.4 cm³/mol. The van der Waals surface area contributed by atoms with Crippen LogP contribution in [0, 0.1) is 24.1 Å². The largest absolute Gasteiger partial charge is 0.337 e. The van der Waals surface area contributed by atoms with Gasteiger partial charge < -0.3 is 10.2 Å². The van der Waals surface area contributed by atoms with E-state index in [0.29, 0.717) is 50.1 Å². The molecule has 2 amide bonds. The summed E-state index contributed by atoms with van der Waals surface area (Å²) < 4.78 is 13.7. The van der Waals surface area contributed by atoms with Gasteiger partial charge in [-0.1, -0.05) is 6.07 Å². The molecule has 6 nitrogen and oxygen atoms in total. The highest BCUT2D eigenvalue weighted by Gasteiger charge is 2.35. The third-order valence-electron chi connectivity index (χ3n) is 5.50. The Morgan fingerprint density at radius 1 is 1.22 bits per heavy atom. The summed E-state index contributed by atoms with van der Waals surface area (Å²) >= 11 is 0. The Kier molecular flexibility index (Phi) is 5.76. The smallest absolute Gasteiger partial charge is 0.254 e. The minimum absolute atomic E-state index is 0.140. The molecule has 0 unspecified atom stereocenters. The highest BCUT2D eigenvalue weighted by molar-refractivity contribution is 5.94. The van der Waals surface area contributed by atoms with Gasteiger partial charge >= 0.3 is 0 Å². The minimum Gasteiger partial charge on any atom is -0.337 e. The lowest BCUT2D eigenvalue weighted by Gasteiger charge is -2.35. The molecule has 1 heterocycles. The van der Waals surface area contributed by atoms with E-state index in [9.17, 15) is 19.2 Å². The first kappa shape index (κ1) is 19.3. The van der Waals surface area contributed by atoms with Gasteiger partial charge in [-0.2, -0.15) is 5.26 Å². The number of nitriles is 1. The number of aryl methyl sites for hydroxylation is 1. The maximum atomic E-state index is 13.7. The number of amides is 2. The van der Waals surface area contributed by atoms with Gasteiger partial charge in [0.1, 0.15) is 11.4 Å². The van der Waals surface area contributed by atoms with Gasteiger partial charge in [0.2, 0.25) is 5.91 Å². The van der Waals surface area contributed by atoms with Gasteiger partial charge in [-0.25, -0.2) is 4.39 Å². The van der Waals surface area contributed by atoms with Crippen LogP contribution < -0.4 is 5.32 Å². The van der Waals surface area contributed by atoms with Gasteiger partial charge in [-0.15, -0.1) is 0 Å². The molecule has 0 radical (unpaired) electrons. The maximum Gasteiger partial charge on any atom is 0.254 e. The van der Waals surface area contributed by atoms with Crippen molar-refractivity contribution in [1.29, 1.82) is 5.26 Å². The Labute approximate surface area is 158 Å². The highest BCUT2D eigenvalue weighted by atomic mass is 19.1. The normalized spacial score (nSPS) is 19.5. The fourth-order valence-electron chi connectivity index (χ4n) is 3.77. The SMILES string of the molecule is Cc1ccc(C(=O)N2CCN(CC(=O)NC3(C#N)CCCC3)CC2)cc1F. The van der Waals surface area contributed by atoms with E-state index in [4.69, 9.17) is 0 Å². The first-order valence-corrected chi connectivity index (χ1v) is 9.42. The molecule has 1 aromatic carbocycles. The van der Waals surface area contributed by atoms with Crippen molar-refractivity contribution in [2.75, 3.05) is 32.7 Å². The van der Waals surface area contributed by atoms with Crippen molar-refractivity contribution < 1.29 is 14.0 Å². The van der Waals surface area contributed by atoms with E-state index in [2.05, 4.69) is 11.4 Å². The topological polar surface area (TPSA) is 76.4 Å². The number of carbonyl (C=O) groups is 2. The monoisotopic (exact) mass is 372 g/mol. The number of hydrogen-bond donors (Lipinski definition) is 1. The van der Waals surface area contributed by atoms with E-state index in [0.717, 1.165) is 12.8 Å². The van der Waals surface area contributed by atoms with Crippen LogP contribution in [0.2, 0.25) is 0 Å². The molecule has 0 atom stereocenters. The van der Waals surface area contributed by atoms with Gasteiger partial charge in [-0.3, -0.25) is 14.5 Å². The average molecular weight is 372 g/mol. The number of nitrogens with zero attached hydrogens (tertiary/aromatic N) is 3. The molecule has 1 saturated heterocycles. The van der Waals surface area contributed by atoms with Crippen molar-refractivity contribution in [3.05, 3.63) is 35.1 Å². The second-order valence-electron chi connectivity index (χ2n) is 7.48. The van der Waals surface area contributed by atoms with Crippen LogP contribution in [0.4, 0.5) is 4.39 Å². The van der Waals surface area contributed by atoms with E-state index in [1.165, 1.54) is 6.07 Å². The van der Waals surface area contributed by atoms with E-state index >= 15 is 0 Å². The Bertz CT molecular complexity index is 760. The number of halogens is 1. The fourth-order valence-corrected chi connectivity index (χ4v) is 3.77. The first-order valence-electron chi connectivity index (χ1n) is 9.42. The van der Waals surface area contributed by atoms with Crippen molar-refractivity contribution >= 4 is 11.8 Å². The predicted octanol–water partition coefficient (Wildman–Crippen LogP) is 1.84. The Morgan fingerprint density at radius 3 is 2.48 bits per heavy atom. The Hall–Kier alpha value is -2.46. The zero-order valence-corrected chi connectivity index (χ0v) is 15.6. The molecule has 144 valence electrons. The summed E-state index contributed by atoms with van der Waals surface area (Å²) in [5, 5.41) is 12.3. The second-order valence-corrected chi connectivity index (χ2v) is 7.48. The van der Waals surface area contributed by atoms with E-state index in [-0.39, 0.29) is 24.2 Å². The molecular weight excluding hydrogens is 347 g/mol. The molecule has 0 bridgehead atoms. The lowest BCUT2D eigenvalue weighted by molar-refractivity contribution is -0.123. The minimum atomic E-state index is -0.704. The van der Waals surface area contributed by atoms with Gasteiger partial charge in [-0.05, 0) is 50.3 Å². The number of piperazine rings is 1. The second kappa shape index (κ2) is 8.05. The molecule has 2 aliphatic rings. The summed E-state index contributed by atoms with van der Waals surface area (Å²) in [6.45, 7) is 4.02. The summed E-state index contributed by atoms with van der Waals surface area (Å²) in [6.07, 6.45) is 3.36. The molecule has 3 rings (SSSR count). The summed E-state index contributed by atoms with van der Waals surface area (Å²) in [5.41, 5.74) is 0.158. The lowest BCUT2D eigenvalue weighted by atomic mass is 10.00. The van der Waals surface area contributed by atoms with Gasteiger partial charge in [0.25, 0.3) is 5.91 Å². The summed E-state index contributed by atoms with van der Waals surface area (Å²) in [5.74, 6) is -0.708. The number of nitrogens with one attached hydrogen (secondary N) is 1. The third kappa shape index (κ3) is 4.45. The molecule has 0 spiro atoms. The van der Waals surface area contributed by atoms with Crippen molar-refractivity contribution in [3.63, 3.8) is 0 Å². The molecule has 2 fully saturated rings. The van der Waals surface area contributed by atoms with Crippen LogP contribution in [-0.4, -0.2) is 59.9 Å². The van der Waals surface area contributed by atoms with Gasteiger partial charge in [0, 0.05) is 31.7 Å². The molecule has 1 aliphatic carbocycles. The molecular formula is C20H25FN4O2. The van der Waals surface area contributed by atoms with Crippen molar-refractivity contribution in [1.82, 2.24) is 15.1 Å². The van der Waals surface area contributed by atoms with Crippen LogP contribution in [0.15, 0.2) is 18.2 Å². The van der Waals surface area contributed by atoms with Crippen LogP contribution in [0.1, 0.15) is 41.6 Å². The number of rotatable bonds is 4. The number of benzene rings is 1. The number of hydrogen-bond acceptors (Lipinski definition) is 4. The first-order chi connectivity index (χ1) is 12.9. The lowest BCUT2D eigenvalue weighted by Crippen LogP contribution is -2.53. The quantitative estimate of drug-likeness (QED) is 0.875. The van der Waals surface area contributed by atoms with Crippen molar-refractivity contribution in [2.45, 2.75) is 38.1 Å².